The number of nitrogens with zero attached hydrogens (tertiary/aromatic N) is 2. The molecule has 1 aromatic rings. The average Bonchev–Trinajstić information content (AvgIpc) is 2.92. The van der Waals surface area contributed by atoms with Gasteiger partial charge in [-0.25, -0.2) is 9.78 Å². The van der Waals surface area contributed by atoms with E-state index in [2.05, 4.69) is 9.88 Å². The van der Waals surface area contributed by atoms with Crippen LogP contribution in [0.5, 0.6) is 0 Å². The van der Waals surface area contributed by atoms with E-state index in [-0.39, 0.29) is 12.5 Å². The molecule has 0 spiro atoms. The molecule has 1 saturated heterocycles. The number of carboxylic acids is 1. The van der Waals surface area contributed by atoms with Crippen molar-refractivity contribution in [2.45, 2.75) is 51.5 Å². The lowest BCUT2D eigenvalue weighted by Gasteiger charge is -2.26. The molecule has 0 saturated carbocycles. The van der Waals surface area contributed by atoms with Gasteiger partial charge in [0.25, 0.3) is 0 Å². The first kappa shape index (κ1) is 15.8. The minimum Gasteiger partial charge on any atom is -0.478 e. The number of carboxylic acid groups (broad SMARTS) is 1. The highest BCUT2D eigenvalue weighted by molar-refractivity contribution is 5.88. The molecule has 1 atom stereocenters. The van der Waals surface area contributed by atoms with Gasteiger partial charge in [0, 0.05) is 24.9 Å². The number of aliphatic hydroxyl groups is 1. The van der Waals surface area contributed by atoms with Crippen molar-refractivity contribution in [3.8, 4) is 0 Å². The molecule has 21 heavy (non-hydrogen) atoms. The van der Waals surface area contributed by atoms with Crippen molar-refractivity contribution in [3.05, 3.63) is 23.4 Å². The topological polar surface area (TPSA) is 73.7 Å². The summed E-state index contributed by atoms with van der Waals surface area (Å²) in [7, 11) is 0. The lowest BCUT2D eigenvalue weighted by Crippen LogP contribution is -2.30. The SMILES string of the molecule is CC(C)c1cc(C(=O)O)cc(N2CCCC2CCCO)n1. The molecule has 0 amide bonds. The van der Waals surface area contributed by atoms with Crippen LogP contribution in [0.2, 0.25) is 0 Å². The minimum atomic E-state index is -0.911. The van der Waals surface area contributed by atoms with Crippen LogP contribution in [0.15, 0.2) is 12.1 Å². The Bertz CT molecular complexity index is 502. The van der Waals surface area contributed by atoms with Crippen molar-refractivity contribution in [1.82, 2.24) is 4.98 Å². The van der Waals surface area contributed by atoms with Gasteiger partial charge >= 0.3 is 5.97 Å². The summed E-state index contributed by atoms with van der Waals surface area (Å²) in [6.07, 6.45) is 3.87. The Morgan fingerprint density at radius 3 is 2.86 bits per heavy atom. The van der Waals surface area contributed by atoms with E-state index in [4.69, 9.17) is 5.11 Å². The maximum absolute atomic E-state index is 11.3. The van der Waals surface area contributed by atoms with Gasteiger partial charge < -0.3 is 15.1 Å². The first-order valence-corrected chi connectivity index (χ1v) is 7.65. The van der Waals surface area contributed by atoms with Gasteiger partial charge in [0.05, 0.1) is 5.56 Å². The zero-order chi connectivity index (χ0) is 15.4. The Balaban J connectivity index is 2.30. The van der Waals surface area contributed by atoms with Gasteiger partial charge in [-0.2, -0.15) is 0 Å². The molecule has 0 bridgehead atoms. The van der Waals surface area contributed by atoms with Gasteiger partial charge in [-0.05, 0) is 43.7 Å². The van der Waals surface area contributed by atoms with Crippen LogP contribution in [0.3, 0.4) is 0 Å². The molecule has 116 valence electrons. The van der Waals surface area contributed by atoms with Crippen LogP contribution >= 0.6 is 0 Å². The van der Waals surface area contributed by atoms with Gasteiger partial charge in [-0.3, -0.25) is 0 Å². The smallest absolute Gasteiger partial charge is 0.335 e. The molecule has 1 aliphatic rings. The number of carbonyl (C=O) groups is 1. The number of hydrogen-bond donors (Lipinski definition) is 2. The summed E-state index contributed by atoms with van der Waals surface area (Å²) in [5, 5.41) is 18.3. The van der Waals surface area contributed by atoms with Gasteiger partial charge in [0.15, 0.2) is 0 Å². The number of hydrogen-bond acceptors (Lipinski definition) is 4. The fourth-order valence-corrected chi connectivity index (χ4v) is 2.87. The van der Waals surface area contributed by atoms with Crippen LogP contribution in [-0.4, -0.2) is 40.4 Å². The van der Waals surface area contributed by atoms with Crippen molar-refractivity contribution in [3.63, 3.8) is 0 Å². The van der Waals surface area contributed by atoms with Gasteiger partial charge in [0.2, 0.25) is 0 Å². The Kier molecular flexibility index (Phi) is 5.17. The van der Waals surface area contributed by atoms with Crippen molar-refractivity contribution < 1.29 is 15.0 Å². The largest absolute Gasteiger partial charge is 0.478 e. The molecule has 0 aliphatic carbocycles. The highest BCUT2D eigenvalue weighted by Crippen LogP contribution is 2.29. The second-order valence-corrected chi connectivity index (χ2v) is 5.95. The van der Waals surface area contributed by atoms with Crippen LogP contribution in [0, 0.1) is 0 Å². The molecule has 1 unspecified atom stereocenters. The summed E-state index contributed by atoms with van der Waals surface area (Å²) >= 11 is 0. The predicted molar refractivity (Wildman–Crippen MR) is 82.0 cm³/mol. The summed E-state index contributed by atoms with van der Waals surface area (Å²) in [6, 6.07) is 3.69. The first-order chi connectivity index (χ1) is 10.0. The number of aliphatic hydroxyl groups excluding tert-OH is 1. The van der Waals surface area contributed by atoms with Crippen LogP contribution in [0.4, 0.5) is 5.82 Å². The molecular formula is C16H24N2O3. The average molecular weight is 292 g/mol. The van der Waals surface area contributed by atoms with E-state index in [1.807, 2.05) is 13.8 Å². The van der Waals surface area contributed by atoms with E-state index in [9.17, 15) is 9.90 Å². The second kappa shape index (κ2) is 6.89. The highest BCUT2D eigenvalue weighted by Gasteiger charge is 2.26. The third kappa shape index (κ3) is 3.73. The zero-order valence-corrected chi connectivity index (χ0v) is 12.7. The van der Waals surface area contributed by atoms with E-state index in [1.54, 1.807) is 12.1 Å². The fourth-order valence-electron chi connectivity index (χ4n) is 2.87. The summed E-state index contributed by atoms with van der Waals surface area (Å²) in [6.45, 7) is 5.14. The molecule has 1 fully saturated rings. The quantitative estimate of drug-likeness (QED) is 0.843. The molecule has 0 radical (unpaired) electrons. The molecular weight excluding hydrogens is 268 g/mol. The number of rotatable bonds is 6. The predicted octanol–water partition coefficient (Wildman–Crippen LogP) is 2.64. The maximum atomic E-state index is 11.3. The van der Waals surface area contributed by atoms with Gasteiger partial charge in [-0.15, -0.1) is 0 Å². The first-order valence-electron chi connectivity index (χ1n) is 7.65. The minimum absolute atomic E-state index is 0.196. The molecule has 0 aromatic carbocycles. The van der Waals surface area contributed by atoms with Crippen molar-refractivity contribution >= 4 is 11.8 Å². The van der Waals surface area contributed by atoms with E-state index >= 15 is 0 Å². The zero-order valence-electron chi connectivity index (χ0n) is 12.7. The van der Waals surface area contributed by atoms with E-state index in [0.717, 1.165) is 43.7 Å². The molecule has 2 heterocycles. The third-order valence-corrected chi connectivity index (χ3v) is 4.04. The van der Waals surface area contributed by atoms with Crippen molar-refractivity contribution in [2.24, 2.45) is 0 Å². The lowest BCUT2D eigenvalue weighted by molar-refractivity contribution is 0.0696. The number of aromatic carboxylic acids is 1. The Labute approximate surface area is 125 Å². The second-order valence-electron chi connectivity index (χ2n) is 5.95. The summed E-state index contributed by atoms with van der Waals surface area (Å²) in [5.74, 6) is 0.0484. The molecule has 1 aliphatic heterocycles. The van der Waals surface area contributed by atoms with Gasteiger partial charge in [-0.1, -0.05) is 13.8 Å². The van der Waals surface area contributed by atoms with Crippen molar-refractivity contribution in [1.29, 1.82) is 0 Å². The number of anilines is 1. The maximum Gasteiger partial charge on any atom is 0.335 e. The Morgan fingerprint density at radius 2 is 2.24 bits per heavy atom. The standard InChI is InChI=1S/C16H24N2O3/c1-11(2)14-9-12(16(20)21)10-15(17-14)18-7-3-5-13(18)6-4-8-19/h9-11,13,19H,3-8H2,1-2H3,(H,20,21). The van der Waals surface area contributed by atoms with Crippen LogP contribution in [0.25, 0.3) is 0 Å². The van der Waals surface area contributed by atoms with Gasteiger partial charge in [0.1, 0.15) is 5.82 Å². The number of aromatic nitrogens is 1. The number of pyridine rings is 1. The summed E-state index contributed by atoms with van der Waals surface area (Å²) in [5.41, 5.74) is 1.12. The van der Waals surface area contributed by atoms with E-state index in [0.29, 0.717) is 11.6 Å². The molecule has 5 heteroatoms. The van der Waals surface area contributed by atoms with Crippen LogP contribution < -0.4 is 4.90 Å². The molecule has 2 rings (SSSR count). The highest BCUT2D eigenvalue weighted by atomic mass is 16.4. The molecule has 1 aromatic heterocycles. The molecule has 5 nitrogen and oxygen atoms in total. The normalized spacial score (nSPS) is 18.5. The summed E-state index contributed by atoms with van der Waals surface area (Å²) in [4.78, 5) is 18.2. The third-order valence-electron chi connectivity index (χ3n) is 4.04. The monoisotopic (exact) mass is 292 g/mol. The van der Waals surface area contributed by atoms with Crippen molar-refractivity contribution in [2.75, 3.05) is 18.1 Å². The lowest BCUT2D eigenvalue weighted by atomic mass is 10.1. The Hall–Kier alpha value is -1.62. The van der Waals surface area contributed by atoms with E-state index < -0.39 is 5.97 Å². The van der Waals surface area contributed by atoms with Crippen LogP contribution in [0.1, 0.15) is 61.5 Å². The molecule has 2 N–H and O–H groups in total. The summed E-state index contributed by atoms with van der Waals surface area (Å²) < 4.78 is 0. The fraction of sp³-hybridized carbons (Fsp3) is 0.625. The van der Waals surface area contributed by atoms with E-state index in [1.165, 1.54) is 0 Å². The Morgan fingerprint density at radius 1 is 1.48 bits per heavy atom. The van der Waals surface area contributed by atoms with Crippen LogP contribution in [-0.2, 0) is 0 Å².